The molecule has 1 unspecified atom stereocenters. The van der Waals surface area contributed by atoms with Gasteiger partial charge in [-0.1, -0.05) is 36.6 Å². The van der Waals surface area contributed by atoms with Gasteiger partial charge in [-0.2, -0.15) is 0 Å². The fourth-order valence-electron chi connectivity index (χ4n) is 4.18. The summed E-state index contributed by atoms with van der Waals surface area (Å²) in [6.07, 6.45) is 6.16. The van der Waals surface area contributed by atoms with Crippen molar-refractivity contribution >= 4 is 17.5 Å². The molecule has 25 heavy (non-hydrogen) atoms. The second kappa shape index (κ2) is 8.52. The summed E-state index contributed by atoms with van der Waals surface area (Å²) in [5.74, 6) is 0.338. The third kappa shape index (κ3) is 4.55. The van der Waals surface area contributed by atoms with Crippen LogP contribution in [0.3, 0.4) is 0 Å². The zero-order valence-corrected chi connectivity index (χ0v) is 15.4. The maximum atomic E-state index is 13.1. The molecule has 0 spiro atoms. The maximum absolute atomic E-state index is 13.1. The van der Waals surface area contributed by atoms with Gasteiger partial charge in [-0.25, -0.2) is 0 Å². The third-order valence-corrected chi connectivity index (χ3v) is 6.16. The van der Waals surface area contributed by atoms with Crippen molar-refractivity contribution in [1.29, 1.82) is 0 Å². The molecule has 0 bridgehead atoms. The Labute approximate surface area is 154 Å². The van der Waals surface area contributed by atoms with Crippen LogP contribution in [-0.4, -0.2) is 37.4 Å². The summed E-state index contributed by atoms with van der Waals surface area (Å²) in [5.41, 5.74) is 0.799. The summed E-state index contributed by atoms with van der Waals surface area (Å²) < 4.78 is 5.41. The topological polar surface area (TPSA) is 58.6 Å². The Morgan fingerprint density at radius 3 is 2.48 bits per heavy atom. The molecule has 1 aromatic carbocycles. The minimum absolute atomic E-state index is 0.0774. The molecule has 2 aliphatic rings. The zero-order chi connectivity index (χ0) is 17.7. The lowest BCUT2D eigenvalue weighted by atomic mass is 9.80. The largest absolute Gasteiger partial charge is 0.396 e. The van der Waals surface area contributed by atoms with Gasteiger partial charge in [-0.05, 0) is 49.3 Å². The van der Waals surface area contributed by atoms with Gasteiger partial charge < -0.3 is 15.2 Å². The van der Waals surface area contributed by atoms with E-state index in [4.69, 9.17) is 16.3 Å². The zero-order valence-electron chi connectivity index (χ0n) is 14.7. The molecule has 0 aromatic heterocycles. The van der Waals surface area contributed by atoms with Gasteiger partial charge in [0.15, 0.2) is 0 Å². The van der Waals surface area contributed by atoms with Crippen molar-refractivity contribution in [2.24, 2.45) is 11.3 Å². The minimum atomic E-state index is -0.242. The van der Waals surface area contributed by atoms with Gasteiger partial charge in [-0.15, -0.1) is 0 Å². The van der Waals surface area contributed by atoms with E-state index in [0.717, 1.165) is 31.2 Å². The van der Waals surface area contributed by atoms with E-state index in [2.05, 4.69) is 5.32 Å². The molecular weight excluding hydrogens is 338 g/mol. The van der Waals surface area contributed by atoms with Gasteiger partial charge in [0.2, 0.25) is 5.91 Å². The summed E-state index contributed by atoms with van der Waals surface area (Å²) in [7, 11) is 0. The van der Waals surface area contributed by atoms with Gasteiger partial charge in [0.25, 0.3) is 0 Å². The predicted octanol–water partition coefficient (Wildman–Crippen LogP) is 3.52. The number of benzene rings is 1. The third-order valence-electron chi connectivity index (χ3n) is 5.91. The van der Waals surface area contributed by atoms with Crippen LogP contribution in [0.4, 0.5) is 0 Å². The highest BCUT2D eigenvalue weighted by Gasteiger charge is 2.36. The second-order valence-electron chi connectivity index (χ2n) is 7.56. The second-order valence-corrected chi connectivity index (χ2v) is 8.00. The number of ether oxygens (including phenoxy) is 1. The molecule has 2 N–H and O–H groups in total. The van der Waals surface area contributed by atoms with E-state index < -0.39 is 0 Å². The Bertz CT molecular complexity index is 563. The van der Waals surface area contributed by atoms with Crippen LogP contribution in [-0.2, 0) is 9.53 Å². The van der Waals surface area contributed by atoms with Crippen molar-refractivity contribution in [3.63, 3.8) is 0 Å². The molecule has 1 aliphatic carbocycles. The first-order chi connectivity index (χ1) is 12.1. The molecule has 3 rings (SSSR count). The predicted molar refractivity (Wildman–Crippen MR) is 98.7 cm³/mol. The van der Waals surface area contributed by atoms with Crippen LogP contribution in [0.5, 0.6) is 0 Å². The minimum Gasteiger partial charge on any atom is -0.396 e. The van der Waals surface area contributed by atoms with E-state index in [1.165, 1.54) is 12.8 Å². The number of rotatable bonds is 6. The first-order valence-electron chi connectivity index (χ1n) is 9.35. The highest BCUT2D eigenvalue weighted by atomic mass is 35.5. The molecule has 1 saturated heterocycles. The van der Waals surface area contributed by atoms with E-state index in [0.29, 0.717) is 30.7 Å². The van der Waals surface area contributed by atoms with E-state index in [1.54, 1.807) is 0 Å². The van der Waals surface area contributed by atoms with Gasteiger partial charge in [0.05, 0.1) is 12.5 Å². The lowest BCUT2D eigenvalue weighted by Crippen LogP contribution is -2.45. The standard InChI is InChI=1S/C20H28ClNO3/c21-17-7-5-16(6-8-17)18(15-3-1-2-4-15)19(24)22-13-20(14-23)9-11-25-12-10-20/h5-8,15,18,23H,1-4,9-14H2,(H,22,24). The Balaban J connectivity index is 1.71. The van der Waals surface area contributed by atoms with Crippen LogP contribution >= 0.6 is 11.6 Å². The van der Waals surface area contributed by atoms with Crippen LogP contribution < -0.4 is 5.32 Å². The van der Waals surface area contributed by atoms with Crippen LogP contribution in [0.15, 0.2) is 24.3 Å². The van der Waals surface area contributed by atoms with Crippen molar-refractivity contribution in [1.82, 2.24) is 5.32 Å². The molecule has 1 saturated carbocycles. The summed E-state index contributed by atoms with van der Waals surface area (Å²) in [6.45, 7) is 1.91. The Morgan fingerprint density at radius 2 is 1.88 bits per heavy atom. The van der Waals surface area contributed by atoms with Crippen LogP contribution in [0.25, 0.3) is 0 Å². The van der Waals surface area contributed by atoms with Crippen LogP contribution in [0, 0.1) is 11.3 Å². The number of halogens is 1. The summed E-state index contributed by atoms with van der Waals surface area (Å²) >= 11 is 6.02. The molecule has 1 amide bonds. The normalized spacial score (nSPS) is 21.8. The molecule has 0 radical (unpaired) electrons. The number of carbonyl (C=O) groups excluding carboxylic acids is 1. The summed E-state index contributed by atoms with van der Waals surface area (Å²) in [6, 6.07) is 7.67. The molecule has 4 nitrogen and oxygen atoms in total. The molecule has 138 valence electrons. The number of nitrogens with one attached hydrogen (secondary N) is 1. The van der Waals surface area contributed by atoms with Gasteiger partial charge in [0, 0.05) is 30.2 Å². The molecular formula is C20H28ClNO3. The van der Waals surface area contributed by atoms with Gasteiger partial charge in [0.1, 0.15) is 0 Å². The molecule has 1 atom stereocenters. The molecule has 1 aromatic rings. The van der Waals surface area contributed by atoms with Crippen molar-refractivity contribution in [3.8, 4) is 0 Å². The van der Waals surface area contributed by atoms with E-state index in [-0.39, 0.29) is 23.8 Å². The lowest BCUT2D eigenvalue weighted by Gasteiger charge is -2.36. The quantitative estimate of drug-likeness (QED) is 0.810. The molecule has 5 heteroatoms. The van der Waals surface area contributed by atoms with Crippen molar-refractivity contribution in [2.45, 2.75) is 44.4 Å². The number of carbonyl (C=O) groups is 1. The molecule has 2 fully saturated rings. The SMILES string of the molecule is O=C(NCC1(CO)CCOCC1)C(c1ccc(Cl)cc1)C1CCCC1. The Hall–Kier alpha value is -1.10. The van der Waals surface area contributed by atoms with Crippen molar-refractivity contribution in [2.75, 3.05) is 26.4 Å². The number of aliphatic hydroxyl groups is 1. The first-order valence-corrected chi connectivity index (χ1v) is 9.73. The summed E-state index contributed by atoms with van der Waals surface area (Å²) in [5, 5.41) is 13.7. The fraction of sp³-hybridized carbons (Fsp3) is 0.650. The monoisotopic (exact) mass is 365 g/mol. The number of aliphatic hydroxyl groups excluding tert-OH is 1. The number of hydrogen-bond acceptors (Lipinski definition) is 3. The fourth-order valence-corrected chi connectivity index (χ4v) is 4.30. The van der Waals surface area contributed by atoms with E-state index >= 15 is 0 Å². The molecule has 1 aliphatic heterocycles. The highest BCUT2D eigenvalue weighted by Crippen LogP contribution is 2.38. The van der Waals surface area contributed by atoms with Crippen molar-refractivity contribution in [3.05, 3.63) is 34.9 Å². The maximum Gasteiger partial charge on any atom is 0.227 e. The van der Waals surface area contributed by atoms with Crippen LogP contribution in [0.2, 0.25) is 5.02 Å². The first kappa shape index (κ1) is 18.7. The van der Waals surface area contributed by atoms with Crippen LogP contribution in [0.1, 0.15) is 50.0 Å². The smallest absolute Gasteiger partial charge is 0.227 e. The average Bonchev–Trinajstić information content (AvgIpc) is 3.17. The van der Waals surface area contributed by atoms with Gasteiger partial charge >= 0.3 is 0 Å². The number of hydrogen-bond donors (Lipinski definition) is 2. The molecule has 1 heterocycles. The summed E-state index contributed by atoms with van der Waals surface area (Å²) in [4.78, 5) is 13.1. The van der Waals surface area contributed by atoms with Crippen molar-refractivity contribution < 1.29 is 14.6 Å². The Kier molecular flexibility index (Phi) is 6.37. The van der Waals surface area contributed by atoms with E-state index in [1.807, 2.05) is 24.3 Å². The van der Waals surface area contributed by atoms with Gasteiger partial charge in [-0.3, -0.25) is 4.79 Å². The highest BCUT2D eigenvalue weighted by molar-refractivity contribution is 6.30. The average molecular weight is 366 g/mol. The Morgan fingerprint density at radius 1 is 1.24 bits per heavy atom. The number of amides is 1. The lowest BCUT2D eigenvalue weighted by molar-refractivity contribution is -0.125. The van der Waals surface area contributed by atoms with E-state index in [9.17, 15) is 9.90 Å².